The van der Waals surface area contributed by atoms with Crippen molar-refractivity contribution < 1.29 is 42.9 Å². The van der Waals surface area contributed by atoms with Gasteiger partial charge in [0.15, 0.2) is 0 Å². The zero-order valence-corrected chi connectivity index (χ0v) is 41.6. The fourth-order valence-electron chi connectivity index (χ4n) is 11.0. The number of hydrogen-bond acceptors (Lipinski definition) is 12. The number of rotatable bonds is 9. The number of carbonyl (C=O) groups excluding carboxylic acids is 5. The number of aryl methyl sites for hydroxylation is 1. The summed E-state index contributed by atoms with van der Waals surface area (Å²) in [6.07, 6.45) is 4.61. The second-order valence-corrected chi connectivity index (χ2v) is 20.5. The number of esters is 1. The Kier molecular flexibility index (Phi) is 14.8. The summed E-state index contributed by atoms with van der Waals surface area (Å²) >= 11 is 0. The lowest BCUT2D eigenvalue weighted by atomic mass is 9.84. The van der Waals surface area contributed by atoms with Crippen molar-refractivity contribution in [3.05, 3.63) is 60.4 Å². The standard InChI is InChI=1S/C51H71N9O9/c1-10-42(61)58-29-51(69-31-58)18-21-57(28-51)49(65)55(8)44(32(3)4)46(62)53-40-25-35-27-56(22-23-67-35)34-16-17-41-37(24-34)38(45(59(41)11-2)36-14-12-19-52-43(36)33(5)66-9)26-50(6,7)30-68-48(64)39-15-13-20-60(54-39)47(40)63/h10,12,14,16-17,19,24,32-33,35,39-40,44,54H,1,11,13,15,18,20-23,25-31H2,2-9H3,(H,53,62)/t33-,35-,39-,40-,44-,51-/m0/s1. The fraction of sp³-hybridized carbons (Fsp3) is 0.608. The lowest BCUT2D eigenvalue weighted by Crippen LogP contribution is -2.63. The maximum atomic E-state index is 14.8. The average molecular weight is 954 g/mol. The Labute approximate surface area is 405 Å². The number of urea groups is 1. The number of pyridine rings is 1. The second kappa shape index (κ2) is 20.4. The third kappa shape index (κ3) is 10.2. The Morgan fingerprint density at radius 3 is 2.62 bits per heavy atom. The number of ether oxygens (including phenoxy) is 4. The molecule has 3 aromatic rings. The molecule has 6 atom stereocenters. The van der Waals surface area contributed by atoms with Crippen LogP contribution in [0.15, 0.2) is 49.2 Å². The number of nitrogens with zero attached hydrogens (tertiary/aromatic N) is 7. The van der Waals surface area contributed by atoms with Gasteiger partial charge < -0.3 is 48.4 Å². The van der Waals surface area contributed by atoms with Gasteiger partial charge in [0.1, 0.15) is 30.5 Å². The van der Waals surface area contributed by atoms with E-state index in [9.17, 15) is 24.0 Å². The van der Waals surface area contributed by atoms with Crippen molar-refractivity contribution in [1.82, 2.24) is 40.0 Å². The van der Waals surface area contributed by atoms with Crippen LogP contribution in [0.4, 0.5) is 10.5 Å². The third-order valence-electron chi connectivity index (χ3n) is 14.6. The molecule has 4 fully saturated rings. The van der Waals surface area contributed by atoms with E-state index in [1.807, 2.05) is 26.8 Å². The number of anilines is 1. The molecule has 2 aromatic heterocycles. The maximum absolute atomic E-state index is 14.8. The molecule has 18 nitrogen and oxygen atoms in total. The van der Waals surface area contributed by atoms with Crippen LogP contribution in [0.5, 0.6) is 0 Å². The van der Waals surface area contributed by atoms with E-state index in [1.165, 1.54) is 16.0 Å². The minimum Gasteiger partial charge on any atom is -0.464 e. The third-order valence-corrected chi connectivity index (χ3v) is 14.6. The number of fused-ring (bicyclic) bond motifs is 6. The van der Waals surface area contributed by atoms with Gasteiger partial charge in [0.05, 0.1) is 49.9 Å². The van der Waals surface area contributed by atoms with Crippen LogP contribution in [0.2, 0.25) is 0 Å². The van der Waals surface area contributed by atoms with Crippen molar-refractivity contribution in [3.8, 4) is 11.3 Å². The topological polar surface area (TPSA) is 180 Å². The summed E-state index contributed by atoms with van der Waals surface area (Å²) in [5, 5.41) is 5.59. The van der Waals surface area contributed by atoms with Gasteiger partial charge in [-0.2, -0.15) is 0 Å². The van der Waals surface area contributed by atoms with Crippen molar-refractivity contribution in [3.63, 3.8) is 0 Å². The van der Waals surface area contributed by atoms with Crippen LogP contribution < -0.4 is 15.6 Å². The first-order chi connectivity index (χ1) is 33.0. The Morgan fingerprint density at radius 1 is 1.10 bits per heavy atom. The molecule has 5 aliphatic rings. The molecule has 5 amide bonds. The van der Waals surface area contributed by atoms with E-state index in [-0.39, 0.29) is 50.3 Å². The number of amides is 5. The number of likely N-dealkylation sites (tertiary alicyclic amines) is 1. The molecule has 8 rings (SSSR count). The molecule has 1 aromatic carbocycles. The van der Waals surface area contributed by atoms with E-state index in [0.29, 0.717) is 71.6 Å². The summed E-state index contributed by atoms with van der Waals surface area (Å²) in [7, 11) is 3.30. The lowest BCUT2D eigenvalue weighted by molar-refractivity contribution is -0.156. The average Bonchev–Trinajstić information content (AvgIpc) is 4.06. The molecule has 6 bridgehead atoms. The van der Waals surface area contributed by atoms with Crippen LogP contribution in [0.25, 0.3) is 22.2 Å². The van der Waals surface area contributed by atoms with Gasteiger partial charge >= 0.3 is 12.0 Å². The van der Waals surface area contributed by atoms with Gasteiger partial charge in [0.2, 0.25) is 11.8 Å². The predicted octanol–water partition coefficient (Wildman–Crippen LogP) is 4.66. The molecule has 0 radical (unpaired) electrons. The van der Waals surface area contributed by atoms with Crippen LogP contribution in [-0.4, -0.2) is 162 Å². The van der Waals surface area contributed by atoms with Gasteiger partial charge in [-0.15, -0.1) is 0 Å². The molecule has 18 heteroatoms. The van der Waals surface area contributed by atoms with E-state index >= 15 is 0 Å². The van der Waals surface area contributed by atoms with Crippen molar-refractivity contribution >= 4 is 46.3 Å². The minimum absolute atomic E-state index is 0.121. The highest BCUT2D eigenvalue weighted by Gasteiger charge is 2.49. The first-order valence-corrected chi connectivity index (χ1v) is 24.6. The molecule has 0 aliphatic carbocycles. The Balaban J connectivity index is 1.10. The molecule has 2 N–H and O–H groups in total. The SMILES string of the molecule is C=CC(=O)N1CO[C@]2(CCN(C(=O)N(C)[C@H](C(=O)N[C@H]3C[C@H]4CN(CCO4)c4ccc5c(c4)c(c(-c4cccnc4[C@H](C)OC)n5CC)CC(C)(C)COC(=O)[C@@H]4CCCN(N4)C3=O)C(C)C)C2)C1. The Morgan fingerprint density at radius 2 is 1.88 bits per heavy atom. The number of aromatic nitrogens is 2. The number of nitrogens with one attached hydrogen (secondary N) is 2. The van der Waals surface area contributed by atoms with Gasteiger partial charge in [-0.05, 0) is 87.4 Å². The number of likely N-dealkylation sites (N-methyl/N-ethyl adjacent to an activating group) is 1. The largest absolute Gasteiger partial charge is 0.464 e. The number of carbonyl (C=O) groups is 5. The van der Waals surface area contributed by atoms with Crippen LogP contribution in [0.1, 0.15) is 84.6 Å². The van der Waals surface area contributed by atoms with Gasteiger partial charge in [-0.1, -0.05) is 34.3 Å². The van der Waals surface area contributed by atoms with Crippen molar-refractivity contribution in [1.29, 1.82) is 0 Å². The highest BCUT2D eigenvalue weighted by molar-refractivity contribution is 5.95. The molecule has 5 aliphatic heterocycles. The second-order valence-electron chi connectivity index (χ2n) is 20.5. The molecule has 4 saturated heterocycles. The van der Waals surface area contributed by atoms with Crippen LogP contribution in [0, 0.1) is 11.3 Å². The van der Waals surface area contributed by atoms with Gasteiger partial charge in [-0.3, -0.25) is 29.2 Å². The number of cyclic esters (lactones) is 1. The smallest absolute Gasteiger partial charge is 0.324 e. The normalized spacial score (nSPS) is 25.1. The monoisotopic (exact) mass is 954 g/mol. The van der Waals surface area contributed by atoms with Crippen LogP contribution >= 0.6 is 0 Å². The first-order valence-electron chi connectivity index (χ1n) is 24.6. The fourth-order valence-corrected chi connectivity index (χ4v) is 11.0. The highest BCUT2D eigenvalue weighted by atomic mass is 16.5. The lowest BCUT2D eigenvalue weighted by Gasteiger charge is -2.39. The molecule has 69 heavy (non-hydrogen) atoms. The highest BCUT2D eigenvalue weighted by Crippen LogP contribution is 2.42. The Bertz CT molecular complexity index is 2440. The minimum atomic E-state index is -1.07. The molecular formula is C51H71N9O9. The summed E-state index contributed by atoms with van der Waals surface area (Å²) in [5.74, 6) is -1.91. The summed E-state index contributed by atoms with van der Waals surface area (Å²) in [5.41, 5.74) is 8.04. The molecule has 7 heterocycles. The molecule has 374 valence electrons. The van der Waals surface area contributed by atoms with Crippen molar-refractivity contribution in [2.45, 2.75) is 116 Å². The number of hydrazine groups is 1. The number of morpholine rings is 1. The maximum Gasteiger partial charge on any atom is 0.324 e. The van der Waals surface area contributed by atoms with E-state index in [4.69, 9.17) is 23.9 Å². The van der Waals surface area contributed by atoms with Gasteiger partial charge in [0, 0.05) is 87.1 Å². The van der Waals surface area contributed by atoms with E-state index in [0.717, 1.165) is 39.1 Å². The van der Waals surface area contributed by atoms with E-state index in [1.54, 1.807) is 30.2 Å². The van der Waals surface area contributed by atoms with Crippen LogP contribution in [0.3, 0.4) is 0 Å². The number of benzene rings is 1. The molecule has 1 spiro atoms. The summed E-state index contributed by atoms with van der Waals surface area (Å²) in [6, 6.07) is 7.47. The van der Waals surface area contributed by atoms with Crippen LogP contribution in [-0.2, 0) is 51.1 Å². The Hall–Kier alpha value is -5.56. The van der Waals surface area contributed by atoms with E-state index in [2.05, 4.69) is 71.8 Å². The summed E-state index contributed by atoms with van der Waals surface area (Å²) in [6.45, 7) is 19.4. The predicted molar refractivity (Wildman–Crippen MR) is 260 cm³/mol. The summed E-state index contributed by atoms with van der Waals surface area (Å²) in [4.78, 5) is 81.7. The zero-order valence-electron chi connectivity index (χ0n) is 41.6. The zero-order chi connectivity index (χ0) is 49.4. The van der Waals surface area contributed by atoms with Gasteiger partial charge in [0.25, 0.3) is 5.91 Å². The first kappa shape index (κ1) is 49.8. The summed E-state index contributed by atoms with van der Waals surface area (Å²) < 4.78 is 26.8. The molecule has 0 saturated carbocycles. The van der Waals surface area contributed by atoms with E-state index < -0.39 is 53.0 Å². The van der Waals surface area contributed by atoms with Crippen molar-refractivity contribution in [2.24, 2.45) is 11.3 Å². The number of hydrogen-bond donors (Lipinski definition) is 2. The quantitative estimate of drug-likeness (QED) is 0.224. The molecule has 0 unspecified atom stereocenters. The van der Waals surface area contributed by atoms with Crippen molar-refractivity contribution in [2.75, 3.05) is 78.3 Å². The van der Waals surface area contributed by atoms with Gasteiger partial charge in [-0.25, -0.2) is 10.2 Å². The molecular weight excluding hydrogens is 883 g/mol. The number of methoxy groups -OCH3 is 1.